The summed E-state index contributed by atoms with van der Waals surface area (Å²) in [6, 6.07) is 9.14. The molecular weight excluding hydrogens is 332 g/mol. The summed E-state index contributed by atoms with van der Waals surface area (Å²) in [7, 11) is -3.60. The van der Waals surface area contributed by atoms with E-state index in [0.29, 0.717) is 12.1 Å². The minimum atomic E-state index is -3.60. The molecule has 1 aromatic heterocycles. The summed E-state index contributed by atoms with van der Waals surface area (Å²) in [4.78, 5) is 13.1. The molecule has 0 bridgehead atoms. The number of amides is 1. The largest absolute Gasteiger partial charge is 0.351 e. The minimum absolute atomic E-state index is 0.0754. The Morgan fingerprint density at radius 1 is 1.22 bits per heavy atom. The smallest absolute Gasteiger partial charge is 0.240 e. The van der Waals surface area contributed by atoms with Crippen LogP contribution in [0, 0.1) is 13.8 Å². The van der Waals surface area contributed by atoms with E-state index in [1.807, 2.05) is 30.5 Å². The Labute approximate surface area is 140 Å². The van der Waals surface area contributed by atoms with Gasteiger partial charge in [0.2, 0.25) is 15.9 Å². The molecule has 0 aliphatic heterocycles. The van der Waals surface area contributed by atoms with Crippen LogP contribution in [-0.4, -0.2) is 20.9 Å². The fourth-order valence-electron chi connectivity index (χ4n) is 2.06. The Kier molecular flexibility index (Phi) is 5.92. The molecular formula is C16H20N2O3S2. The van der Waals surface area contributed by atoms with E-state index in [-0.39, 0.29) is 23.8 Å². The maximum absolute atomic E-state index is 12.3. The average Bonchev–Trinajstić information content (AvgIpc) is 3.00. The predicted octanol–water partition coefficient (Wildman–Crippen LogP) is 2.35. The number of carbonyl (C=O) groups excluding carboxylic acids is 1. The number of aryl methyl sites for hydroxylation is 2. The summed E-state index contributed by atoms with van der Waals surface area (Å²) in [5.74, 6) is -0.179. The predicted molar refractivity (Wildman–Crippen MR) is 91.9 cm³/mol. The van der Waals surface area contributed by atoms with E-state index in [4.69, 9.17) is 0 Å². The molecule has 0 aliphatic carbocycles. The second-order valence-corrected chi connectivity index (χ2v) is 8.04. The molecule has 0 saturated carbocycles. The minimum Gasteiger partial charge on any atom is -0.351 e. The zero-order valence-corrected chi connectivity index (χ0v) is 14.8. The maximum Gasteiger partial charge on any atom is 0.240 e. The molecule has 1 aromatic carbocycles. The highest BCUT2D eigenvalue weighted by atomic mass is 32.2. The van der Waals surface area contributed by atoms with Crippen molar-refractivity contribution in [2.45, 2.75) is 31.7 Å². The molecule has 7 heteroatoms. The molecule has 124 valence electrons. The molecule has 2 N–H and O–H groups in total. The number of hydrogen-bond donors (Lipinski definition) is 2. The van der Waals surface area contributed by atoms with Crippen LogP contribution in [0.3, 0.4) is 0 Å². The standard InChI is InChI=1S/C16H20N2O3S2/c1-12-5-6-13(2)15(10-12)23(20,21)18-8-7-16(19)17-11-14-4-3-9-22-14/h3-6,9-10,18H,7-8,11H2,1-2H3,(H,17,19). The Balaban J connectivity index is 1.85. The Hall–Kier alpha value is -1.70. The van der Waals surface area contributed by atoms with Gasteiger partial charge in [0.1, 0.15) is 0 Å². The number of hydrogen-bond acceptors (Lipinski definition) is 4. The van der Waals surface area contributed by atoms with Crippen molar-refractivity contribution in [3.63, 3.8) is 0 Å². The zero-order valence-electron chi connectivity index (χ0n) is 13.1. The first-order valence-electron chi connectivity index (χ1n) is 7.24. The lowest BCUT2D eigenvalue weighted by molar-refractivity contribution is -0.121. The van der Waals surface area contributed by atoms with Crippen LogP contribution in [0.5, 0.6) is 0 Å². The van der Waals surface area contributed by atoms with Gasteiger partial charge in [-0.15, -0.1) is 11.3 Å². The lowest BCUT2D eigenvalue weighted by atomic mass is 10.2. The van der Waals surface area contributed by atoms with Gasteiger partial charge in [-0.25, -0.2) is 13.1 Å². The number of benzene rings is 1. The molecule has 23 heavy (non-hydrogen) atoms. The van der Waals surface area contributed by atoms with Gasteiger partial charge >= 0.3 is 0 Å². The number of sulfonamides is 1. The molecule has 0 fully saturated rings. The maximum atomic E-state index is 12.3. The molecule has 1 heterocycles. The van der Waals surface area contributed by atoms with E-state index in [9.17, 15) is 13.2 Å². The number of nitrogens with one attached hydrogen (secondary N) is 2. The van der Waals surface area contributed by atoms with Crippen LogP contribution in [0.15, 0.2) is 40.6 Å². The van der Waals surface area contributed by atoms with Gasteiger partial charge in [-0.3, -0.25) is 4.79 Å². The van der Waals surface area contributed by atoms with E-state index in [1.165, 1.54) is 0 Å². The Bertz CT molecular complexity index is 769. The summed E-state index contributed by atoms with van der Waals surface area (Å²) < 4.78 is 27.1. The summed E-state index contributed by atoms with van der Waals surface area (Å²) >= 11 is 1.57. The van der Waals surface area contributed by atoms with Gasteiger partial charge in [0.25, 0.3) is 0 Å². The zero-order chi connectivity index (χ0) is 16.9. The van der Waals surface area contributed by atoms with Crippen LogP contribution in [-0.2, 0) is 21.4 Å². The van der Waals surface area contributed by atoms with Gasteiger partial charge in [-0.05, 0) is 42.5 Å². The molecule has 5 nitrogen and oxygen atoms in total. The molecule has 2 aromatic rings. The van der Waals surface area contributed by atoms with Gasteiger partial charge in [0, 0.05) is 17.8 Å². The fraction of sp³-hybridized carbons (Fsp3) is 0.312. The van der Waals surface area contributed by atoms with Crippen molar-refractivity contribution in [2.75, 3.05) is 6.54 Å². The first-order chi connectivity index (χ1) is 10.9. The first kappa shape index (κ1) is 17.7. The second-order valence-electron chi connectivity index (χ2n) is 5.27. The summed E-state index contributed by atoms with van der Waals surface area (Å²) in [5.41, 5.74) is 1.56. The highest BCUT2D eigenvalue weighted by Gasteiger charge is 2.16. The monoisotopic (exact) mass is 352 g/mol. The number of thiophene rings is 1. The third-order valence-electron chi connectivity index (χ3n) is 3.32. The van der Waals surface area contributed by atoms with E-state index < -0.39 is 10.0 Å². The van der Waals surface area contributed by atoms with Crippen molar-refractivity contribution in [2.24, 2.45) is 0 Å². The van der Waals surface area contributed by atoms with E-state index in [0.717, 1.165) is 10.4 Å². The molecule has 0 saturated heterocycles. The normalized spacial score (nSPS) is 11.4. The van der Waals surface area contributed by atoms with Gasteiger partial charge < -0.3 is 5.32 Å². The van der Waals surface area contributed by atoms with E-state index in [2.05, 4.69) is 10.0 Å². The second kappa shape index (κ2) is 7.72. The van der Waals surface area contributed by atoms with E-state index in [1.54, 1.807) is 30.4 Å². The van der Waals surface area contributed by atoms with Crippen molar-refractivity contribution in [3.05, 3.63) is 51.7 Å². The van der Waals surface area contributed by atoms with Crippen molar-refractivity contribution in [3.8, 4) is 0 Å². The quantitative estimate of drug-likeness (QED) is 0.803. The molecule has 1 amide bonds. The highest BCUT2D eigenvalue weighted by molar-refractivity contribution is 7.89. The Morgan fingerprint density at radius 3 is 2.70 bits per heavy atom. The van der Waals surface area contributed by atoms with Crippen LogP contribution in [0.4, 0.5) is 0 Å². The third-order valence-corrected chi connectivity index (χ3v) is 5.80. The van der Waals surface area contributed by atoms with Gasteiger partial charge in [0.05, 0.1) is 11.4 Å². The first-order valence-corrected chi connectivity index (χ1v) is 9.61. The van der Waals surface area contributed by atoms with Crippen LogP contribution in [0.25, 0.3) is 0 Å². The molecule has 2 rings (SSSR count). The van der Waals surface area contributed by atoms with Crippen molar-refractivity contribution in [1.29, 1.82) is 0 Å². The van der Waals surface area contributed by atoms with E-state index >= 15 is 0 Å². The molecule has 0 unspecified atom stereocenters. The van der Waals surface area contributed by atoms with Crippen molar-refractivity contribution < 1.29 is 13.2 Å². The summed E-state index contributed by atoms with van der Waals surface area (Å²) in [6.45, 7) is 4.14. The fourth-order valence-corrected chi connectivity index (χ4v) is 4.06. The van der Waals surface area contributed by atoms with Gasteiger partial charge in [0.15, 0.2) is 0 Å². The van der Waals surface area contributed by atoms with Crippen molar-refractivity contribution >= 4 is 27.3 Å². The van der Waals surface area contributed by atoms with Crippen LogP contribution < -0.4 is 10.0 Å². The van der Waals surface area contributed by atoms with Crippen LogP contribution in [0.1, 0.15) is 22.4 Å². The highest BCUT2D eigenvalue weighted by Crippen LogP contribution is 2.16. The SMILES string of the molecule is Cc1ccc(C)c(S(=O)(=O)NCCC(=O)NCc2cccs2)c1. The topological polar surface area (TPSA) is 75.3 Å². The lowest BCUT2D eigenvalue weighted by Crippen LogP contribution is -2.30. The number of carbonyl (C=O) groups is 1. The molecule has 0 radical (unpaired) electrons. The summed E-state index contributed by atoms with van der Waals surface area (Å²) in [6.07, 6.45) is 0.107. The third kappa shape index (κ3) is 5.16. The Morgan fingerprint density at radius 2 is 2.00 bits per heavy atom. The van der Waals surface area contributed by atoms with Crippen LogP contribution in [0.2, 0.25) is 0 Å². The van der Waals surface area contributed by atoms with Crippen molar-refractivity contribution in [1.82, 2.24) is 10.0 Å². The number of rotatable bonds is 7. The summed E-state index contributed by atoms with van der Waals surface area (Å²) in [5, 5.41) is 4.71. The van der Waals surface area contributed by atoms with Crippen LogP contribution >= 0.6 is 11.3 Å². The molecule has 0 atom stereocenters. The average molecular weight is 352 g/mol. The van der Waals surface area contributed by atoms with Gasteiger partial charge in [-0.1, -0.05) is 18.2 Å². The van der Waals surface area contributed by atoms with Gasteiger partial charge in [-0.2, -0.15) is 0 Å². The molecule has 0 aliphatic rings. The molecule has 0 spiro atoms. The lowest BCUT2D eigenvalue weighted by Gasteiger charge is -2.10.